The molecule has 0 bridgehead atoms. The molecule has 2 rings (SSSR count). The van der Waals surface area contributed by atoms with Crippen molar-refractivity contribution >= 4 is 15.9 Å². The molecule has 0 fully saturated rings. The first-order valence-electron chi connectivity index (χ1n) is 8.19. The van der Waals surface area contributed by atoms with E-state index in [0.29, 0.717) is 5.56 Å². The van der Waals surface area contributed by atoms with Gasteiger partial charge in [-0.3, -0.25) is 4.79 Å². The van der Waals surface area contributed by atoms with Crippen LogP contribution in [0.5, 0.6) is 0 Å². The highest BCUT2D eigenvalue weighted by Gasteiger charge is 2.21. The predicted octanol–water partition coefficient (Wildman–Crippen LogP) is 3.17. The number of carbonyl (C=O) groups excluding carboxylic acids is 1. The van der Waals surface area contributed by atoms with E-state index >= 15 is 0 Å². The first kappa shape index (κ1) is 19.1. The standard InChI is InChI=1S/C19H24N2O3S/c1-13(2)20-19(22)18-12-17(11-10-14(18)3)25(23,24)21-15(4)16-8-6-5-7-9-16/h5-13,15,21H,1-4H3,(H,20,22)/t15-/m0/s1. The minimum Gasteiger partial charge on any atom is -0.350 e. The number of nitrogens with one attached hydrogen (secondary N) is 2. The van der Waals surface area contributed by atoms with Gasteiger partial charge in [0.05, 0.1) is 4.90 Å². The highest BCUT2D eigenvalue weighted by Crippen LogP contribution is 2.19. The molecule has 6 heteroatoms. The molecule has 0 heterocycles. The lowest BCUT2D eigenvalue weighted by Gasteiger charge is -2.16. The topological polar surface area (TPSA) is 75.3 Å². The molecule has 134 valence electrons. The highest BCUT2D eigenvalue weighted by atomic mass is 32.2. The minimum atomic E-state index is -3.74. The maximum absolute atomic E-state index is 12.7. The van der Waals surface area contributed by atoms with Gasteiger partial charge in [-0.2, -0.15) is 0 Å². The van der Waals surface area contributed by atoms with E-state index in [4.69, 9.17) is 0 Å². The summed E-state index contributed by atoms with van der Waals surface area (Å²) in [5.41, 5.74) is 1.97. The number of hydrogen-bond acceptors (Lipinski definition) is 3. The van der Waals surface area contributed by atoms with Crippen LogP contribution in [0.2, 0.25) is 0 Å². The molecule has 0 unspecified atom stereocenters. The summed E-state index contributed by atoms with van der Waals surface area (Å²) in [6.45, 7) is 7.28. The molecule has 0 aromatic heterocycles. The molecule has 25 heavy (non-hydrogen) atoms. The second-order valence-corrected chi connectivity index (χ2v) is 8.07. The van der Waals surface area contributed by atoms with Crippen LogP contribution in [0.1, 0.15) is 48.3 Å². The van der Waals surface area contributed by atoms with Crippen molar-refractivity contribution in [3.8, 4) is 0 Å². The van der Waals surface area contributed by atoms with Crippen LogP contribution in [0.15, 0.2) is 53.4 Å². The van der Waals surface area contributed by atoms with Gasteiger partial charge in [0.25, 0.3) is 5.91 Å². The average Bonchev–Trinajstić information content (AvgIpc) is 2.54. The Morgan fingerprint density at radius 2 is 1.64 bits per heavy atom. The Labute approximate surface area is 149 Å². The Bertz CT molecular complexity index is 846. The number of carbonyl (C=O) groups is 1. The monoisotopic (exact) mass is 360 g/mol. The lowest BCUT2D eigenvalue weighted by molar-refractivity contribution is 0.0942. The van der Waals surface area contributed by atoms with Crippen LogP contribution in [0.3, 0.4) is 0 Å². The number of rotatable bonds is 6. The van der Waals surface area contributed by atoms with Gasteiger partial charge < -0.3 is 5.32 Å². The normalized spacial score (nSPS) is 12.8. The molecule has 0 radical (unpaired) electrons. The summed E-state index contributed by atoms with van der Waals surface area (Å²) in [5, 5.41) is 2.79. The molecule has 1 atom stereocenters. The van der Waals surface area contributed by atoms with E-state index in [1.807, 2.05) is 44.2 Å². The Hall–Kier alpha value is -2.18. The molecule has 5 nitrogen and oxygen atoms in total. The molecular formula is C19H24N2O3S. The molecule has 0 saturated heterocycles. The molecule has 0 aliphatic carbocycles. The Morgan fingerprint density at radius 1 is 1.00 bits per heavy atom. The fraction of sp³-hybridized carbons (Fsp3) is 0.316. The molecule has 0 saturated carbocycles. The van der Waals surface area contributed by atoms with Gasteiger partial charge in [0, 0.05) is 17.6 Å². The fourth-order valence-electron chi connectivity index (χ4n) is 2.46. The number of aryl methyl sites for hydroxylation is 1. The second-order valence-electron chi connectivity index (χ2n) is 6.36. The van der Waals surface area contributed by atoms with E-state index in [2.05, 4.69) is 10.0 Å². The van der Waals surface area contributed by atoms with Gasteiger partial charge in [-0.25, -0.2) is 13.1 Å². The third kappa shape index (κ3) is 4.90. The molecule has 0 spiro atoms. The maximum Gasteiger partial charge on any atom is 0.251 e. The van der Waals surface area contributed by atoms with Crippen molar-refractivity contribution < 1.29 is 13.2 Å². The van der Waals surface area contributed by atoms with Crippen LogP contribution in [0, 0.1) is 6.92 Å². The van der Waals surface area contributed by atoms with E-state index in [0.717, 1.165) is 11.1 Å². The molecule has 2 N–H and O–H groups in total. The summed E-state index contributed by atoms with van der Waals surface area (Å²) in [6.07, 6.45) is 0. The van der Waals surface area contributed by atoms with Crippen molar-refractivity contribution in [1.82, 2.24) is 10.0 Å². The molecule has 0 aliphatic heterocycles. The first-order chi connectivity index (χ1) is 11.7. The predicted molar refractivity (Wildman–Crippen MR) is 99.0 cm³/mol. The third-order valence-electron chi connectivity index (χ3n) is 3.82. The maximum atomic E-state index is 12.7. The lowest BCUT2D eigenvalue weighted by Crippen LogP contribution is -2.31. The first-order valence-corrected chi connectivity index (χ1v) is 9.68. The largest absolute Gasteiger partial charge is 0.350 e. The van der Waals surface area contributed by atoms with E-state index < -0.39 is 10.0 Å². The molecular weight excluding hydrogens is 336 g/mol. The van der Waals surface area contributed by atoms with Gasteiger partial charge in [-0.15, -0.1) is 0 Å². The second kappa shape index (κ2) is 7.80. The quantitative estimate of drug-likeness (QED) is 0.831. The van der Waals surface area contributed by atoms with Gasteiger partial charge in [-0.1, -0.05) is 36.4 Å². The van der Waals surface area contributed by atoms with E-state index in [1.165, 1.54) is 12.1 Å². The van der Waals surface area contributed by atoms with Gasteiger partial charge in [0.15, 0.2) is 0 Å². The molecule has 1 amide bonds. The number of sulfonamides is 1. The van der Waals surface area contributed by atoms with Gasteiger partial charge >= 0.3 is 0 Å². The Balaban J connectivity index is 2.29. The highest BCUT2D eigenvalue weighted by molar-refractivity contribution is 7.89. The number of amides is 1. The Morgan fingerprint density at radius 3 is 2.24 bits per heavy atom. The fourth-order valence-corrected chi connectivity index (χ4v) is 3.72. The van der Waals surface area contributed by atoms with E-state index in [1.54, 1.807) is 19.9 Å². The summed E-state index contributed by atoms with van der Waals surface area (Å²) in [5.74, 6) is -0.277. The van der Waals surface area contributed by atoms with Crippen molar-refractivity contribution in [2.24, 2.45) is 0 Å². The van der Waals surface area contributed by atoms with Crippen LogP contribution in [0.4, 0.5) is 0 Å². The van der Waals surface area contributed by atoms with Crippen molar-refractivity contribution in [3.63, 3.8) is 0 Å². The summed E-state index contributed by atoms with van der Waals surface area (Å²) in [4.78, 5) is 12.4. The SMILES string of the molecule is Cc1ccc(S(=O)(=O)N[C@@H](C)c2ccccc2)cc1C(=O)NC(C)C. The average molecular weight is 360 g/mol. The zero-order valence-corrected chi connectivity index (χ0v) is 15.7. The summed E-state index contributed by atoms with van der Waals surface area (Å²) in [7, 11) is -3.74. The van der Waals surface area contributed by atoms with Crippen molar-refractivity contribution in [2.75, 3.05) is 0 Å². The zero-order chi connectivity index (χ0) is 18.6. The van der Waals surface area contributed by atoms with Crippen molar-refractivity contribution in [3.05, 3.63) is 65.2 Å². The molecule has 2 aromatic rings. The van der Waals surface area contributed by atoms with Gasteiger partial charge in [-0.05, 0) is 51.0 Å². The van der Waals surface area contributed by atoms with Crippen LogP contribution >= 0.6 is 0 Å². The van der Waals surface area contributed by atoms with Crippen LogP contribution in [-0.2, 0) is 10.0 Å². The van der Waals surface area contributed by atoms with Crippen LogP contribution in [0.25, 0.3) is 0 Å². The lowest BCUT2D eigenvalue weighted by atomic mass is 10.1. The van der Waals surface area contributed by atoms with E-state index in [-0.39, 0.29) is 22.9 Å². The van der Waals surface area contributed by atoms with Gasteiger partial charge in [0.2, 0.25) is 10.0 Å². The zero-order valence-electron chi connectivity index (χ0n) is 14.9. The summed E-state index contributed by atoms with van der Waals surface area (Å²) < 4.78 is 28.0. The minimum absolute atomic E-state index is 0.0246. The molecule has 2 aromatic carbocycles. The third-order valence-corrected chi connectivity index (χ3v) is 5.35. The van der Waals surface area contributed by atoms with Crippen LogP contribution < -0.4 is 10.0 Å². The Kier molecular flexibility index (Phi) is 5.98. The number of hydrogen-bond donors (Lipinski definition) is 2. The van der Waals surface area contributed by atoms with Crippen LogP contribution in [-0.4, -0.2) is 20.4 Å². The van der Waals surface area contributed by atoms with Crippen molar-refractivity contribution in [2.45, 2.75) is 44.7 Å². The van der Waals surface area contributed by atoms with Gasteiger partial charge in [0.1, 0.15) is 0 Å². The smallest absolute Gasteiger partial charge is 0.251 e. The van der Waals surface area contributed by atoms with Crippen molar-refractivity contribution in [1.29, 1.82) is 0 Å². The molecule has 0 aliphatic rings. The summed E-state index contributed by atoms with van der Waals surface area (Å²) >= 11 is 0. The summed E-state index contributed by atoms with van der Waals surface area (Å²) in [6, 6.07) is 13.5. The van der Waals surface area contributed by atoms with E-state index in [9.17, 15) is 13.2 Å². The number of benzene rings is 2.